The molecule has 0 aromatic rings. The summed E-state index contributed by atoms with van der Waals surface area (Å²) < 4.78 is 0. The van der Waals surface area contributed by atoms with Crippen LogP contribution < -0.4 is 0 Å². The maximum Gasteiger partial charge on any atom is 0.0903 e. The molecule has 142 valence electrons. The van der Waals surface area contributed by atoms with E-state index in [1.807, 2.05) is 14.1 Å². The second-order valence-electron chi connectivity index (χ2n) is 8.93. The Kier molecular flexibility index (Phi) is 7.09. The molecule has 0 bridgehead atoms. The predicted octanol–water partition coefficient (Wildman–Crippen LogP) is 1.24. The summed E-state index contributed by atoms with van der Waals surface area (Å²) in [4.78, 5) is 6.98. The molecule has 2 rings (SSSR count). The highest BCUT2D eigenvalue weighted by molar-refractivity contribution is 4.94. The number of aliphatic hydroxyl groups excluding tert-OH is 1. The van der Waals surface area contributed by atoms with Crippen molar-refractivity contribution in [3.8, 4) is 0 Å². The van der Waals surface area contributed by atoms with E-state index in [4.69, 9.17) is 0 Å². The first-order valence-corrected chi connectivity index (χ1v) is 9.72. The molecule has 0 aromatic heterocycles. The van der Waals surface area contributed by atoms with Gasteiger partial charge in [-0.15, -0.1) is 0 Å². The molecule has 0 amide bonds. The highest BCUT2D eigenvalue weighted by atomic mass is 16.3. The Hall–Kier alpha value is -0.200. The number of hydrogen-bond acceptors (Lipinski definition) is 5. The second kappa shape index (κ2) is 8.45. The monoisotopic (exact) mass is 341 g/mol. The third-order valence-corrected chi connectivity index (χ3v) is 5.73. The van der Waals surface area contributed by atoms with Crippen molar-refractivity contribution in [2.75, 3.05) is 46.8 Å². The fraction of sp³-hybridized carbons (Fsp3) is 1.00. The van der Waals surface area contributed by atoms with Crippen LogP contribution in [0, 0.1) is 5.92 Å². The molecule has 3 unspecified atom stereocenters. The molecular formula is C19H39N3O2. The molecule has 2 aliphatic rings. The van der Waals surface area contributed by atoms with E-state index in [2.05, 4.69) is 35.5 Å². The van der Waals surface area contributed by atoms with Gasteiger partial charge >= 0.3 is 0 Å². The predicted molar refractivity (Wildman–Crippen MR) is 99.2 cm³/mol. The number of β-amino-alcohol motifs (C(OH)–C–C–N with tert-alkyl or cyclic N) is 2. The summed E-state index contributed by atoms with van der Waals surface area (Å²) in [7, 11) is 4.08. The van der Waals surface area contributed by atoms with Crippen molar-refractivity contribution in [1.29, 1.82) is 0 Å². The zero-order chi connectivity index (χ0) is 17.9. The topological polar surface area (TPSA) is 50.2 Å². The number of hydrogen-bond donors (Lipinski definition) is 2. The van der Waals surface area contributed by atoms with E-state index >= 15 is 0 Å². The summed E-state index contributed by atoms with van der Waals surface area (Å²) in [5, 5.41) is 21.1. The third-order valence-electron chi connectivity index (χ3n) is 5.73. The van der Waals surface area contributed by atoms with Crippen LogP contribution in [0.2, 0.25) is 0 Å². The van der Waals surface area contributed by atoms with E-state index in [1.54, 1.807) is 0 Å². The average molecular weight is 342 g/mol. The number of rotatable bonds is 6. The van der Waals surface area contributed by atoms with Crippen molar-refractivity contribution in [3.63, 3.8) is 0 Å². The van der Waals surface area contributed by atoms with Gasteiger partial charge in [-0.05, 0) is 73.0 Å². The zero-order valence-electron chi connectivity index (χ0n) is 16.4. The zero-order valence-corrected chi connectivity index (χ0v) is 16.4. The first kappa shape index (κ1) is 20.1. The first-order chi connectivity index (χ1) is 11.2. The lowest BCUT2D eigenvalue weighted by molar-refractivity contribution is -0.0790. The Bertz CT molecular complexity index is 391. The van der Waals surface area contributed by atoms with Gasteiger partial charge in [-0.1, -0.05) is 0 Å². The molecule has 2 N–H and O–H groups in total. The number of likely N-dealkylation sites (N-methyl/N-ethyl adjacent to an activating group) is 1. The van der Waals surface area contributed by atoms with Crippen LogP contribution in [0.1, 0.15) is 46.5 Å². The smallest absolute Gasteiger partial charge is 0.0903 e. The third kappa shape index (κ3) is 5.67. The van der Waals surface area contributed by atoms with Gasteiger partial charge in [0, 0.05) is 38.3 Å². The van der Waals surface area contributed by atoms with E-state index in [-0.39, 0.29) is 6.10 Å². The van der Waals surface area contributed by atoms with E-state index in [9.17, 15) is 10.2 Å². The van der Waals surface area contributed by atoms with Crippen molar-refractivity contribution in [3.05, 3.63) is 0 Å². The van der Waals surface area contributed by atoms with Crippen LogP contribution in [0.4, 0.5) is 0 Å². The van der Waals surface area contributed by atoms with Gasteiger partial charge in [-0.2, -0.15) is 0 Å². The van der Waals surface area contributed by atoms with Crippen LogP contribution >= 0.6 is 0 Å². The van der Waals surface area contributed by atoms with Crippen molar-refractivity contribution in [2.24, 2.45) is 5.92 Å². The molecule has 2 fully saturated rings. The van der Waals surface area contributed by atoms with Gasteiger partial charge in [-0.3, -0.25) is 9.80 Å². The maximum absolute atomic E-state index is 11.2. The number of aliphatic hydroxyl groups is 2. The molecule has 24 heavy (non-hydrogen) atoms. The van der Waals surface area contributed by atoms with Gasteiger partial charge in [0.1, 0.15) is 0 Å². The van der Waals surface area contributed by atoms with Crippen LogP contribution in [-0.4, -0.2) is 95.5 Å². The van der Waals surface area contributed by atoms with Crippen molar-refractivity contribution < 1.29 is 10.2 Å². The van der Waals surface area contributed by atoms with Gasteiger partial charge in [-0.25, -0.2) is 0 Å². The van der Waals surface area contributed by atoms with Crippen LogP contribution in [0.3, 0.4) is 0 Å². The van der Waals surface area contributed by atoms with Crippen LogP contribution in [0.15, 0.2) is 0 Å². The fourth-order valence-corrected chi connectivity index (χ4v) is 4.71. The molecular weight excluding hydrogens is 302 g/mol. The Morgan fingerprint density at radius 3 is 2.46 bits per heavy atom. The summed E-state index contributed by atoms with van der Waals surface area (Å²) in [5.41, 5.74) is -0.613. The second-order valence-corrected chi connectivity index (χ2v) is 8.93. The Morgan fingerprint density at radius 1 is 1.17 bits per heavy atom. The minimum atomic E-state index is -0.613. The van der Waals surface area contributed by atoms with Gasteiger partial charge in [0.25, 0.3) is 0 Å². The molecule has 0 spiro atoms. The molecule has 0 saturated carbocycles. The molecule has 2 saturated heterocycles. The SMILES string of the molecule is CC(C)N1CC(CC(C)N2CCC[C@H](O)C2)CC(O)(CN(C)C)C1. The number of likely N-dealkylation sites (tertiary alicyclic amines) is 2. The number of nitrogens with zero attached hydrogens (tertiary/aromatic N) is 3. The highest BCUT2D eigenvalue weighted by Crippen LogP contribution is 2.31. The summed E-state index contributed by atoms with van der Waals surface area (Å²) >= 11 is 0. The molecule has 5 heteroatoms. The van der Waals surface area contributed by atoms with Gasteiger partial charge < -0.3 is 15.1 Å². The molecule has 0 aromatic carbocycles. The minimum Gasteiger partial charge on any atom is -0.392 e. The number of piperidine rings is 2. The summed E-state index contributed by atoms with van der Waals surface area (Å²) in [6.45, 7) is 11.2. The van der Waals surface area contributed by atoms with Crippen molar-refractivity contribution in [1.82, 2.24) is 14.7 Å². The van der Waals surface area contributed by atoms with Gasteiger partial charge in [0.15, 0.2) is 0 Å². The molecule has 0 radical (unpaired) electrons. The Balaban J connectivity index is 1.99. The molecule has 2 heterocycles. The maximum atomic E-state index is 11.2. The summed E-state index contributed by atoms with van der Waals surface area (Å²) in [5.74, 6) is 0.514. The quantitative estimate of drug-likeness (QED) is 0.761. The highest BCUT2D eigenvalue weighted by Gasteiger charge is 2.40. The van der Waals surface area contributed by atoms with E-state index in [0.29, 0.717) is 18.0 Å². The normalized spacial score (nSPS) is 34.9. The van der Waals surface area contributed by atoms with Crippen LogP contribution in [-0.2, 0) is 0 Å². The fourth-order valence-electron chi connectivity index (χ4n) is 4.71. The first-order valence-electron chi connectivity index (χ1n) is 9.72. The molecule has 2 aliphatic heterocycles. The van der Waals surface area contributed by atoms with Crippen molar-refractivity contribution >= 4 is 0 Å². The molecule has 4 atom stereocenters. The van der Waals surface area contributed by atoms with E-state index in [0.717, 1.165) is 58.4 Å². The van der Waals surface area contributed by atoms with Gasteiger partial charge in [0.2, 0.25) is 0 Å². The molecule has 5 nitrogen and oxygen atoms in total. The lowest BCUT2D eigenvalue weighted by Gasteiger charge is -2.47. The molecule has 0 aliphatic carbocycles. The standard InChI is InChI=1S/C19H39N3O2/c1-15(2)22-11-17(10-19(24,14-22)13-20(4)5)9-16(3)21-8-6-7-18(23)12-21/h15-18,23-24H,6-14H2,1-5H3/t16?,17?,18-,19?/m0/s1. The lowest BCUT2D eigenvalue weighted by Crippen LogP contribution is -2.58. The van der Waals surface area contributed by atoms with Crippen molar-refractivity contribution in [2.45, 2.75) is 70.2 Å². The van der Waals surface area contributed by atoms with E-state index in [1.165, 1.54) is 0 Å². The summed E-state index contributed by atoms with van der Waals surface area (Å²) in [6.07, 6.45) is 3.86. The van der Waals surface area contributed by atoms with E-state index < -0.39 is 5.60 Å². The van der Waals surface area contributed by atoms with Crippen LogP contribution in [0.5, 0.6) is 0 Å². The Morgan fingerprint density at radius 2 is 1.88 bits per heavy atom. The largest absolute Gasteiger partial charge is 0.392 e. The Labute approximate surface area is 148 Å². The van der Waals surface area contributed by atoms with Crippen LogP contribution in [0.25, 0.3) is 0 Å². The van der Waals surface area contributed by atoms with Gasteiger partial charge in [0.05, 0.1) is 11.7 Å². The minimum absolute atomic E-state index is 0.162. The lowest BCUT2D eigenvalue weighted by atomic mass is 9.81. The summed E-state index contributed by atoms with van der Waals surface area (Å²) in [6, 6.07) is 0.939. The average Bonchev–Trinajstić information content (AvgIpc) is 2.45.